The Labute approximate surface area is 154 Å². The average molecular weight is 362 g/mol. The molecule has 2 aromatic rings. The molecule has 1 N–H and O–H groups in total. The van der Waals surface area contributed by atoms with Gasteiger partial charge in [0.25, 0.3) is 0 Å². The first-order valence-electron chi connectivity index (χ1n) is 8.22. The minimum absolute atomic E-state index is 0.00117. The number of rotatable bonds is 8. The summed E-state index contributed by atoms with van der Waals surface area (Å²) < 4.78 is 26.7. The number of benzene rings is 2. The molecule has 0 radical (unpaired) electrons. The van der Waals surface area contributed by atoms with E-state index >= 15 is 0 Å². The van der Waals surface area contributed by atoms with Crippen molar-refractivity contribution in [3.05, 3.63) is 35.4 Å². The third-order valence-electron chi connectivity index (χ3n) is 4.34. The molecular weight excluding hydrogens is 336 g/mol. The van der Waals surface area contributed by atoms with Crippen LogP contribution in [0.4, 0.5) is 0 Å². The van der Waals surface area contributed by atoms with E-state index in [1.54, 1.807) is 21.3 Å². The van der Waals surface area contributed by atoms with E-state index in [0.717, 1.165) is 17.5 Å². The highest BCUT2D eigenvalue weighted by atomic mass is 16.5. The Kier molecular flexibility index (Phi) is 6.44. The van der Waals surface area contributed by atoms with E-state index in [0.29, 0.717) is 28.7 Å². The molecule has 0 heterocycles. The number of aromatic hydroxyl groups is 1. The van der Waals surface area contributed by atoms with Gasteiger partial charge in [-0.05, 0) is 47.7 Å². The van der Waals surface area contributed by atoms with Crippen LogP contribution in [-0.4, -0.2) is 40.7 Å². The first-order chi connectivity index (χ1) is 12.5. The van der Waals surface area contributed by atoms with E-state index in [4.69, 9.17) is 23.7 Å². The summed E-state index contributed by atoms with van der Waals surface area (Å²) in [5.74, 6) is 2.72. The number of phenolic OH excluding ortho intramolecular Hbond substituents is 1. The third kappa shape index (κ3) is 3.90. The van der Waals surface area contributed by atoms with Crippen molar-refractivity contribution in [3.63, 3.8) is 0 Å². The van der Waals surface area contributed by atoms with Crippen molar-refractivity contribution in [2.75, 3.05) is 35.5 Å². The Morgan fingerprint density at radius 1 is 0.731 bits per heavy atom. The molecule has 0 amide bonds. The van der Waals surface area contributed by atoms with Gasteiger partial charge >= 0.3 is 0 Å². The van der Waals surface area contributed by atoms with Crippen molar-refractivity contribution in [3.8, 4) is 34.5 Å². The normalized spacial score (nSPS) is 11.6. The van der Waals surface area contributed by atoms with Gasteiger partial charge in [0.05, 0.1) is 35.5 Å². The number of ether oxygens (including phenoxy) is 5. The number of hydrogen-bond donors (Lipinski definition) is 1. The minimum atomic E-state index is -0.00117. The van der Waals surface area contributed by atoms with E-state index in [1.807, 2.05) is 24.3 Å². The summed E-state index contributed by atoms with van der Waals surface area (Å²) in [6.07, 6.45) is 0.730. The molecule has 142 valence electrons. The lowest BCUT2D eigenvalue weighted by molar-refractivity contribution is 0.323. The molecule has 1 unspecified atom stereocenters. The molecule has 0 aliphatic rings. The molecule has 0 saturated heterocycles. The van der Waals surface area contributed by atoms with Gasteiger partial charge in [0.15, 0.2) is 23.0 Å². The van der Waals surface area contributed by atoms with Crippen molar-refractivity contribution < 1.29 is 28.8 Å². The predicted molar refractivity (Wildman–Crippen MR) is 99.4 cm³/mol. The highest BCUT2D eigenvalue weighted by Crippen LogP contribution is 2.41. The van der Waals surface area contributed by atoms with Crippen molar-refractivity contribution >= 4 is 0 Å². The monoisotopic (exact) mass is 362 g/mol. The van der Waals surface area contributed by atoms with Gasteiger partial charge in [-0.25, -0.2) is 0 Å². The van der Waals surface area contributed by atoms with Gasteiger partial charge in [0.1, 0.15) is 0 Å². The standard InChI is InChI=1S/C20H26O6/c1-12(14-10-15(22-2)19(21)16(11-14)23-3)7-13-8-17(24-4)20(26-6)18(9-13)25-5/h8-12,21H,7H2,1-6H3. The molecule has 0 aromatic heterocycles. The molecule has 0 spiro atoms. The van der Waals surface area contributed by atoms with Crippen LogP contribution in [0, 0.1) is 0 Å². The van der Waals surface area contributed by atoms with Gasteiger partial charge in [-0.1, -0.05) is 6.92 Å². The molecular formula is C20H26O6. The van der Waals surface area contributed by atoms with E-state index < -0.39 is 0 Å². The quantitative estimate of drug-likeness (QED) is 0.771. The second kappa shape index (κ2) is 8.56. The molecule has 26 heavy (non-hydrogen) atoms. The minimum Gasteiger partial charge on any atom is -0.502 e. The van der Waals surface area contributed by atoms with E-state index in [-0.39, 0.29) is 11.7 Å². The highest BCUT2D eigenvalue weighted by molar-refractivity contribution is 5.55. The van der Waals surface area contributed by atoms with Crippen LogP contribution >= 0.6 is 0 Å². The van der Waals surface area contributed by atoms with E-state index in [9.17, 15) is 5.11 Å². The second-order valence-corrected chi connectivity index (χ2v) is 5.91. The largest absolute Gasteiger partial charge is 0.502 e. The fourth-order valence-corrected chi connectivity index (χ4v) is 2.92. The van der Waals surface area contributed by atoms with Crippen molar-refractivity contribution in [2.45, 2.75) is 19.3 Å². The summed E-state index contributed by atoms with van der Waals surface area (Å²) in [6, 6.07) is 7.51. The summed E-state index contributed by atoms with van der Waals surface area (Å²) in [7, 11) is 7.81. The zero-order chi connectivity index (χ0) is 19.3. The zero-order valence-electron chi connectivity index (χ0n) is 16.1. The Hall–Kier alpha value is -2.76. The molecule has 2 aromatic carbocycles. The molecule has 0 aliphatic carbocycles. The maximum absolute atomic E-state index is 10.1. The molecule has 6 heteroatoms. The van der Waals surface area contributed by atoms with Crippen LogP contribution in [0.1, 0.15) is 24.0 Å². The second-order valence-electron chi connectivity index (χ2n) is 5.91. The van der Waals surface area contributed by atoms with Gasteiger partial charge in [-0.2, -0.15) is 0 Å². The van der Waals surface area contributed by atoms with E-state index in [1.165, 1.54) is 14.2 Å². The fourth-order valence-electron chi connectivity index (χ4n) is 2.92. The van der Waals surface area contributed by atoms with Gasteiger partial charge in [-0.3, -0.25) is 0 Å². The van der Waals surface area contributed by atoms with Gasteiger partial charge in [0.2, 0.25) is 11.5 Å². The maximum atomic E-state index is 10.1. The van der Waals surface area contributed by atoms with Crippen LogP contribution in [0.15, 0.2) is 24.3 Å². The van der Waals surface area contributed by atoms with Crippen LogP contribution in [0.2, 0.25) is 0 Å². The Morgan fingerprint density at radius 3 is 1.58 bits per heavy atom. The summed E-state index contributed by atoms with van der Waals surface area (Å²) in [5.41, 5.74) is 2.03. The van der Waals surface area contributed by atoms with Gasteiger partial charge in [0, 0.05) is 0 Å². The molecule has 1 atom stereocenters. The Balaban J connectivity index is 2.37. The van der Waals surface area contributed by atoms with Crippen LogP contribution in [0.25, 0.3) is 0 Å². The SMILES string of the molecule is COc1cc(C(C)Cc2cc(OC)c(OC)c(OC)c2)cc(OC)c1O. The fraction of sp³-hybridized carbons (Fsp3) is 0.400. The van der Waals surface area contributed by atoms with E-state index in [2.05, 4.69) is 6.92 Å². The Morgan fingerprint density at radius 2 is 1.19 bits per heavy atom. The lowest BCUT2D eigenvalue weighted by Gasteiger charge is -2.18. The first kappa shape index (κ1) is 19.6. The number of hydrogen-bond acceptors (Lipinski definition) is 6. The lowest BCUT2D eigenvalue weighted by atomic mass is 9.92. The van der Waals surface area contributed by atoms with Crippen LogP contribution in [0.5, 0.6) is 34.5 Å². The van der Waals surface area contributed by atoms with Crippen molar-refractivity contribution in [1.29, 1.82) is 0 Å². The smallest absolute Gasteiger partial charge is 0.203 e. The van der Waals surface area contributed by atoms with Crippen LogP contribution in [0.3, 0.4) is 0 Å². The van der Waals surface area contributed by atoms with Crippen molar-refractivity contribution in [1.82, 2.24) is 0 Å². The lowest BCUT2D eigenvalue weighted by Crippen LogP contribution is -2.02. The Bertz CT molecular complexity index is 706. The van der Waals surface area contributed by atoms with Crippen LogP contribution < -0.4 is 23.7 Å². The summed E-state index contributed by atoms with van der Waals surface area (Å²) >= 11 is 0. The molecule has 6 nitrogen and oxygen atoms in total. The van der Waals surface area contributed by atoms with Crippen LogP contribution in [-0.2, 0) is 6.42 Å². The molecule has 0 bridgehead atoms. The maximum Gasteiger partial charge on any atom is 0.203 e. The average Bonchev–Trinajstić information content (AvgIpc) is 2.67. The molecule has 0 aliphatic heterocycles. The summed E-state index contributed by atoms with van der Waals surface area (Å²) in [4.78, 5) is 0. The summed E-state index contributed by atoms with van der Waals surface area (Å²) in [6.45, 7) is 2.09. The molecule has 0 fully saturated rings. The molecule has 2 rings (SSSR count). The number of methoxy groups -OCH3 is 5. The van der Waals surface area contributed by atoms with Gasteiger partial charge < -0.3 is 28.8 Å². The number of phenols is 1. The zero-order valence-corrected chi connectivity index (χ0v) is 16.1. The highest BCUT2D eigenvalue weighted by Gasteiger charge is 2.18. The molecule has 0 saturated carbocycles. The van der Waals surface area contributed by atoms with Crippen molar-refractivity contribution in [2.24, 2.45) is 0 Å². The predicted octanol–water partition coefficient (Wildman–Crippen LogP) is 3.78. The topological polar surface area (TPSA) is 66.4 Å². The summed E-state index contributed by atoms with van der Waals surface area (Å²) in [5, 5.41) is 10.1. The third-order valence-corrected chi connectivity index (χ3v) is 4.34. The first-order valence-corrected chi connectivity index (χ1v) is 8.22. The van der Waals surface area contributed by atoms with Gasteiger partial charge in [-0.15, -0.1) is 0 Å².